The van der Waals surface area contributed by atoms with Crippen molar-refractivity contribution in [2.45, 2.75) is 20.4 Å². The lowest BCUT2D eigenvalue weighted by atomic mass is 10.1. The molecule has 0 aliphatic heterocycles. The molecule has 1 aromatic carbocycles. The van der Waals surface area contributed by atoms with Crippen molar-refractivity contribution < 1.29 is 9.59 Å². The van der Waals surface area contributed by atoms with E-state index >= 15 is 0 Å². The third-order valence-corrected chi connectivity index (χ3v) is 1.89. The molecular formula is C11H13NO2. The molecular weight excluding hydrogens is 178 g/mol. The van der Waals surface area contributed by atoms with Crippen LogP contribution in [0.1, 0.15) is 18.1 Å². The summed E-state index contributed by atoms with van der Waals surface area (Å²) in [7, 11) is 0. The van der Waals surface area contributed by atoms with Gasteiger partial charge in [-0.15, -0.1) is 0 Å². The minimum absolute atomic E-state index is 0.401. The molecule has 1 N–H and O–H groups in total. The third-order valence-electron chi connectivity index (χ3n) is 1.89. The number of aryl methyl sites for hydroxylation is 1. The first-order valence-corrected chi connectivity index (χ1v) is 4.44. The summed E-state index contributed by atoms with van der Waals surface area (Å²) in [6.45, 7) is 3.65. The van der Waals surface area contributed by atoms with E-state index in [0.29, 0.717) is 6.54 Å². The highest BCUT2D eigenvalue weighted by atomic mass is 16.2. The summed E-state index contributed by atoms with van der Waals surface area (Å²) in [5.41, 5.74) is 2.16. The van der Waals surface area contributed by atoms with Gasteiger partial charge < -0.3 is 5.32 Å². The van der Waals surface area contributed by atoms with Gasteiger partial charge in [-0.25, -0.2) is 0 Å². The maximum absolute atomic E-state index is 10.9. The maximum Gasteiger partial charge on any atom is 0.287 e. The van der Waals surface area contributed by atoms with E-state index in [1.807, 2.05) is 31.2 Å². The molecule has 0 aromatic heterocycles. The largest absolute Gasteiger partial charge is 0.345 e. The fourth-order valence-electron chi connectivity index (χ4n) is 1.01. The zero-order valence-corrected chi connectivity index (χ0v) is 8.33. The quantitative estimate of drug-likeness (QED) is 0.730. The molecule has 14 heavy (non-hydrogen) atoms. The first kappa shape index (κ1) is 10.4. The van der Waals surface area contributed by atoms with Gasteiger partial charge in [-0.1, -0.05) is 29.8 Å². The molecule has 0 radical (unpaired) electrons. The highest BCUT2D eigenvalue weighted by Crippen LogP contribution is 2.02. The predicted molar refractivity (Wildman–Crippen MR) is 53.7 cm³/mol. The molecule has 0 spiro atoms. The van der Waals surface area contributed by atoms with Crippen molar-refractivity contribution in [1.82, 2.24) is 5.32 Å². The Morgan fingerprint density at radius 3 is 2.29 bits per heavy atom. The van der Waals surface area contributed by atoms with E-state index in [-0.39, 0.29) is 0 Å². The second-order valence-corrected chi connectivity index (χ2v) is 3.22. The Hall–Kier alpha value is -1.64. The maximum atomic E-state index is 10.9. The third kappa shape index (κ3) is 3.01. The first-order valence-electron chi connectivity index (χ1n) is 4.44. The monoisotopic (exact) mass is 191 g/mol. The smallest absolute Gasteiger partial charge is 0.287 e. The SMILES string of the molecule is CC(=O)C(=O)NCc1ccc(C)cc1. The van der Waals surface area contributed by atoms with Crippen LogP contribution in [-0.4, -0.2) is 11.7 Å². The number of carbonyl (C=O) groups is 2. The van der Waals surface area contributed by atoms with E-state index in [1.54, 1.807) is 0 Å². The van der Waals surface area contributed by atoms with Crippen molar-refractivity contribution in [3.8, 4) is 0 Å². The van der Waals surface area contributed by atoms with E-state index < -0.39 is 11.7 Å². The molecule has 0 saturated carbocycles. The molecule has 0 saturated heterocycles. The predicted octanol–water partition coefficient (Wildman–Crippen LogP) is 1.20. The van der Waals surface area contributed by atoms with Gasteiger partial charge in [0.25, 0.3) is 5.91 Å². The number of hydrogen-bond donors (Lipinski definition) is 1. The summed E-state index contributed by atoms with van der Waals surface area (Å²) in [5.74, 6) is -0.998. The van der Waals surface area contributed by atoms with Crippen LogP contribution in [0.3, 0.4) is 0 Å². The van der Waals surface area contributed by atoms with Crippen molar-refractivity contribution in [1.29, 1.82) is 0 Å². The fourth-order valence-corrected chi connectivity index (χ4v) is 1.01. The van der Waals surface area contributed by atoms with Crippen LogP contribution in [0.4, 0.5) is 0 Å². The van der Waals surface area contributed by atoms with E-state index in [0.717, 1.165) is 5.56 Å². The molecule has 3 nitrogen and oxygen atoms in total. The lowest BCUT2D eigenvalue weighted by Gasteiger charge is -2.02. The zero-order valence-electron chi connectivity index (χ0n) is 8.33. The van der Waals surface area contributed by atoms with E-state index in [4.69, 9.17) is 0 Å². The first-order chi connectivity index (χ1) is 6.59. The van der Waals surface area contributed by atoms with Crippen LogP contribution in [0, 0.1) is 6.92 Å². The van der Waals surface area contributed by atoms with Gasteiger partial charge in [-0.05, 0) is 12.5 Å². The van der Waals surface area contributed by atoms with Gasteiger partial charge >= 0.3 is 0 Å². The highest BCUT2D eigenvalue weighted by molar-refractivity contribution is 6.35. The number of nitrogens with one attached hydrogen (secondary N) is 1. The topological polar surface area (TPSA) is 46.2 Å². The highest BCUT2D eigenvalue weighted by Gasteiger charge is 2.05. The van der Waals surface area contributed by atoms with Gasteiger partial charge in [0, 0.05) is 13.5 Å². The number of benzene rings is 1. The number of hydrogen-bond acceptors (Lipinski definition) is 2. The molecule has 1 rings (SSSR count). The van der Waals surface area contributed by atoms with Gasteiger partial charge in [0.1, 0.15) is 0 Å². The van der Waals surface area contributed by atoms with Gasteiger partial charge in [0.2, 0.25) is 5.78 Å². The Labute approximate surface area is 83.1 Å². The Bertz CT molecular complexity index is 341. The van der Waals surface area contributed by atoms with Gasteiger partial charge in [-0.3, -0.25) is 9.59 Å². The minimum Gasteiger partial charge on any atom is -0.345 e. The Morgan fingerprint density at radius 2 is 1.79 bits per heavy atom. The average Bonchev–Trinajstić information content (AvgIpc) is 2.16. The summed E-state index contributed by atoms with van der Waals surface area (Å²) in [6, 6.07) is 7.79. The van der Waals surface area contributed by atoms with Crippen molar-refractivity contribution in [2.24, 2.45) is 0 Å². The van der Waals surface area contributed by atoms with Crippen LogP contribution in [0.2, 0.25) is 0 Å². The van der Waals surface area contributed by atoms with Crippen molar-refractivity contribution >= 4 is 11.7 Å². The summed E-state index contributed by atoms with van der Waals surface area (Å²) < 4.78 is 0. The summed E-state index contributed by atoms with van der Waals surface area (Å²) in [4.78, 5) is 21.5. The van der Waals surface area contributed by atoms with E-state index in [9.17, 15) is 9.59 Å². The number of Topliss-reactive ketones (excluding diaryl/α,β-unsaturated/α-hetero) is 1. The van der Waals surface area contributed by atoms with Crippen LogP contribution in [-0.2, 0) is 16.1 Å². The van der Waals surface area contributed by atoms with Crippen LogP contribution < -0.4 is 5.32 Å². The summed E-state index contributed by atoms with van der Waals surface area (Å²) in [5, 5.41) is 2.53. The van der Waals surface area contributed by atoms with Crippen molar-refractivity contribution in [2.75, 3.05) is 0 Å². The Kier molecular flexibility index (Phi) is 3.40. The number of amides is 1. The molecule has 0 fully saturated rings. The number of rotatable bonds is 3. The molecule has 0 atom stereocenters. The van der Waals surface area contributed by atoms with Crippen LogP contribution in [0.25, 0.3) is 0 Å². The van der Waals surface area contributed by atoms with Gasteiger partial charge in [-0.2, -0.15) is 0 Å². The zero-order chi connectivity index (χ0) is 10.6. The lowest BCUT2D eigenvalue weighted by molar-refractivity contribution is -0.136. The fraction of sp³-hybridized carbons (Fsp3) is 0.273. The normalized spacial score (nSPS) is 9.57. The summed E-state index contributed by atoms with van der Waals surface area (Å²) >= 11 is 0. The molecule has 0 bridgehead atoms. The molecule has 0 aliphatic carbocycles. The standard InChI is InChI=1S/C11H13NO2/c1-8-3-5-10(6-4-8)7-12-11(14)9(2)13/h3-6H,7H2,1-2H3,(H,12,14). The second-order valence-electron chi connectivity index (χ2n) is 3.22. The van der Waals surface area contributed by atoms with Crippen LogP contribution in [0.15, 0.2) is 24.3 Å². The van der Waals surface area contributed by atoms with Crippen molar-refractivity contribution in [3.05, 3.63) is 35.4 Å². The second kappa shape index (κ2) is 4.56. The van der Waals surface area contributed by atoms with Crippen LogP contribution >= 0.6 is 0 Å². The Morgan fingerprint density at radius 1 is 1.21 bits per heavy atom. The Balaban J connectivity index is 2.50. The molecule has 0 unspecified atom stereocenters. The molecule has 0 heterocycles. The van der Waals surface area contributed by atoms with E-state index in [1.165, 1.54) is 12.5 Å². The van der Waals surface area contributed by atoms with Crippen LogP contribution in [0.5, 0.6) is 0 Å². The van der Waals surface area contributed by atoms with Crippen molar-refractivity contribution in [3.63, 3.8) is 0 Å². The summed E-state index contributed by atoms with van der Waals surface area (Å²) in [6.07, 6.45) is 0. The number of carbonyl (C=O) groups excluding carboxylic acids is 2. The molecule has 1 amide bonds. The van der Waals surface area contributed by atoms with Gasteiger partial charge in [0.05, 0.1) is 0 Å². The lowest BCUT2D eigenvalue weighted by Crippen LogP contribution is -2.28. The average molecular weight is 191 g/mol. The van der Waals surface area contributed by atoms with E-state index in [2.05, 4.69) is 5.32 Å². The molecule has 1 aromatic rings. The molecule has 3 heteroatoms. The number of ketones is 1. The van der Waals surface area contributed by atoms with Gasteiger partial charge in [0.15, 0.2) is 0 Å². The molecule has 74 valence electrons. The molecule has 0 aliphatic rings. The minimum atomic E-state index is -0.537.